The molecule has 1 heterocycles. The number of likely N-dealkylation sites (tertiary alicyclic amines) is 1. The Morgan fingerprint density at radius 1 is 1.53 bits per heavy atom. The van der Waals surface area contributed by atoms with Gasteiger partial charge in [0.05, 0.1) is 0 Å². The van der Waals surface area contributed by atoms with E-state index in [-0.39, 0.29) is 0 Å². The van der Waals surface area contributed by atoms with Gasteiger partial charge in [0, 0.05) is 29.7 Å². The molecule has 1 aromatic rings. The summed E-state index contributed by atoms with van der Waals surface area (Å²) in [6, 6.07) is 5.81. The zero-order chi connectivity index (χ0) is 12.3. The minimum atomic E-state index is 0.338. The van der Waals surface area contributed by atoms with Crippen molar-refractivity contribution in [2.24, 2.45) is 0 Å². The second kappa shape index (κ2) is 5.71. The van der Waals surface area contributed by atoms with E-state index in [2.05, 4.69) is 10.2 Å². The predicted molar refractivity (Wildman–Crippen MR) is 70.5 cm³/mol. The van der Waals surface area contributed by atoms with Crippen molar-refractivity contribution in [3.8, 4) is 5.75 Å². The van der Waals surface area contributed by atoms with Gasteiger partial charge in [-0.3, -0.25) is 4.90 Å². The van der Waals surface area contributed by atoms with Crippen LogP contribution in [0.1, 0.15) is 18.4 Å². The lowest BCUT2D eigenvalue weighted by Crippen LogP contribution is -2.36. The van der Waals surface area contributed by atoms with E-state index < -0.39 is 0 Å². The van der Waals surface area contributed by atoms with Crippen LogP contribution in [0.15, 0.2) is 18.2 Å². The zero-order valence-electron chi connectivity index (χ0n) is 10.1. The standard InChI is InChI=1S/C13H19ClN2O/c1-15-8-12-3-2-6-16(12)9-10-7-11(14)4-5-13(10)17/h4-5,7,12,15,17H,2-3,6,8-9H2,1H3. The van der Waals surface area contributed by atoms with Crippen LogP contribution in [0.5, 0.6) is 5.75 Å². The molecule has 1 atom stereocenters. The van der Waals surface area contributed by atoms with Crippen molar-refractivity contribution in [1.29, 1.82) is 0 Å². The first kappa shape index (κ1) is 12.7. The van der Waals surface area contributed by atoms with E-state index in [4.69, 9.17) is 11.6 Å². The Balaban J connectivity index is 2.06. The minimum absolute atomic E-state index is 0.338. The molecule has 1 unspecified atom stereocenters. The van der Waals surface area contributed by atoms with Gasteiger partial charge in [-0.25, -0.2) is 0 Å². The maximum absolute atomic E-state index is 9.81. The summed E-state index contributed by atoms with van der Waals surface area (Å²) in [6.45, 7) is 2.87. The lowest BCUT2D eigenvalue weighted by atomic mass is 10.1. The molecule has 0 aromatic heterocycles. The molecule has 2 N–H and O–H groups in total. The number of halogens is 1. The number of benzene rings is 1. The van der Waals surface area contributed by atoms with Crippen molar-refractivity contribution in [3.05, 3.63) is 28.8 Å². The van der Waals surface area contributed by atoms with E-state index in [1.165, 1.54) is 12.8 Å². The molecule has 1 fully saturated rings. The Bertz CT molecular complexity index is 384. The molecule has 0 amide bonds. The minimum Gasteiger partial charge on any atom is -0.508 e. The van der Waals surface area contributed by atoms with Crippen LogP contribution in [-0.4, -0.2) is 36.2 Å². The topological polar surface area (TPSA) is 35.5 Å². The Morgan fingerprint density at radius 3 is 3.12 bits per heavy atom. The maximum Gasteiger partial charge on any atom is 0.120 e. The van der Waals surface area contributed by atoms with Crippen LogP contribution >= 0.6 is 11.6 Å². The fourth-order valence-electron chi connectivity index (χ4n) is 2.47. The molecule has 4 heteroatoms. The number of aromatic hydroxyl groups is 1. The molecule has 0 radical (unpaired) electrons. The summed E-state index contributed by atoms with van der Waals surface area (Å²) in [7, 11) is 1.98. The molecule has 1 aromatic carbocycles. The van der Waals surface area contributed by atoms with Gasteiger partial charge in [-0.15, -0.1) is 0 Å². The van der Waals surface area contributed by atoms with Crippen molar-refractivity contribution >= 4 is 11.6 Å². The van der Waals surface area contributed by atoms with Gasteiger partial charge in [0.25, 0.3) is 0 Å². The van der Waals surface area contributed by atoms with Gasteiger partial charge in [-0.1, -0.05) is 11.6 Å². The van der Waals surface area contributed by atoms with Gasteiger partial charge in [0.2, 0.25) is 0 Å². The average Bonchev–Trinajstić information content (AvgIpc) is 2.72. The molecule has 0 spiro atoms. The van der Waals surface area contributed by atoms with Gasteiger partial charge >= 0.3 is 0 Å². The second-order valence-corrected chi connectivity index (χ2v) is 5.03. The third-order valence-corrected chi connectivity index (χ3v) is 3.59. The molecule has 1 saturated heterocycles. The largest absolute Gasteiger partial charge is 0.508 e. The molecule has 2 rings (SSSR count). The molecular formula is C13H19ClN2O. The summed E-state index contributed by atoms with van der Waals surface area (Å²) in [5.74, 6) is 0.338. The van der Waals surface area contributed by atoms with Gasteiger partial charge in [-0.2, -0.15) is 0 Å². The van der Waals surface area contributed by atoms with Crippen molar-refractivity contribution < 1.29 is 5.11 Å². The molecule has 1 aliphatic rings. The predicted octanol–water partition coefficient (Wildman–Crippen LogP) is 2.23. The second-order valence-electron chi connectivity index (χ2n) is 4.60. The van der Waals surface area contributed by atoms with Crippen LogP contribution in [0.25, 0.3) is 0 Å². The summed E-state index contributed by atoms with van der Waals surface area (Å²) in [5, 5.41) is 13.7. The number of phenolic OH excluding ortho intramolecular Hbond substituents is 1. The Hall–Kier alpha value is -0.770. The monoisotopic (exact) mass is 254 g/mol. The van der Waals surface area contributed by atoms with Crippen LogP contribution in [0.4, 0.5) is 0 Å². The van der Waals surface area contributed by atoms with Gasteiger partial charge in [-0.05, 0) is 44.6 Å². The van der Waals surface area contributed by atoms with E-state index in [0.29, 0.717) is 16.8 Å². The molecule has 0 bridgehead atoms. The first-order valence-corrected chi connectivity index (χ1v) is 6.44. The quantitative estimate of drug-likeness (QED) is 0.865. The normalized spacial score (nSPS) is 20.9. The molecule has 1 aliphatic heterocycles. The highest BCUT2D eigenvalue weighted by Crippen LogP contribution is 2.26. The molecule has 3 nitrogen and oxygen atoms in total. The summed E-state index contributed by atoms with van der Waals surface area (Å²) in [5.41, 5.74) is 0.917. The molecule has 0 saturated carbocycles. The van der Waals surface area contributed by atoms with Crippen LogP contribution in [0.2, 0.25) is 5.02 Å². The first-order chi connectivity index (χ1) is 8.20. The smallest absolute Gasteiger partial charge is 0.120 e. The third-order valence-electron chi connectivity index (χ3n) is 3.35. The van der Waals surface area contributed by atoms with Gasteiger partial charge in [0.1, 0.15) is 5.75 Å². The van der Waals surface area contributed by atoms with Crippen LogP contribution < -0.4 is 5.32 Å². The summed E-state index contributed by atoms with van der Waals surface area (Å²) < 4.78 is 0. The van der Waals surface area contributed by atoms with Crippen LogP contribution in [-0.2, 0) is 6.54 Å². The summed E-state index contributed by atoms with van der Waals surface area (Å²) >= 11 is 5.96. The number of nitrogens with zero attached hydrogens (tertiary/aromatic N) is 1. The lowest BCUT2D eigenvalue weighted by molar-refractivity contribution is 0.239. The highest BCUT2D eigenvalue weighted by atomic mass is 35.5. The van der Waals surface area contributed by atoms with Crippen LogP contribution in [0, 0.1) is 0 Å². The van der Waals surface area contributed by atoms with Gasteiger partial charge < -0.3 is 10.4 Å². The fourth-order valence-corrected chi connectivity index (χ4v) is 2.66. The number of phenols is 1. The van der Waals surface area contributed by atoms with Crippen molar-refractivity contribution in [2.75, 3.05) is 20.1 Å². The lowest BCUT2D eigenvalue weighted by Gasteiger charge is -2.24. The number of hydrogen-bond acceptors (Lipinski definition) is 3. The zero-order valence-corrected chi connectivity index (χ0v) is 10.9. The number of nitrogens with one attached hydrogen (secondary N) is 1. The highest BCUT2D eigenvalue weighted by Gasteiger charge is 2.24. The number of hydrogen-bond donors (Lipinski definition) is 2. The SMILES string of the molecule is CNCC1CCCN1Cc1cc(Cl)ccc1O. The molecule has 17 heavy (non-hydrogen) atoms. The fraction of sp³-hybridized carbons (Fsp3) is 0.538. The van der Waals surface area contributed by atoms with E-state index in [1.54, 1.807) is 12.1 Å². The number of rotatable bonds is 4. The van der Waals surface area contributed by atoms with Crippen molar-refractivity contribution in [3.63, 3.8) is 0 Å². The third kappa shape index (κ3) is 3.12. The Morgan fingerprint density at radius 2 is 2.35 bits per heavy atom. The van der Waals surface area contributed by atoms with E-state index in [9.17, 15) is 5.11 Å². The Kier molecular flexibility index (Phi) is 4.26. The summed E-state index contributed by atoms with van der Waals surface area (Å²) in [4.78, 5) is 2.40. The molecule has 0 aliphatic carbocycles. The first-order valence-electron chi connectivity index (χ1n) is 6.06. The van der Waals surface area contributed by atoms with Crippen LogP contribution in [0.3, 0.4) is 0 Å². The number of likely N-dealkylation sites (N-methyl/N-ethyl adjacent to an activating group) is 1. The highest BCUT2D eigenvalue weighted by molar-refractivity contribution is 6.30. The average molecular weight is 255 g/mol. The molecular weight excluding hydrogens is 236 g/mol. The van der Waals surface area contributed by atoms with E-state index in [0.717, 1.165) is 25.2 Å². The Labute approximate surface area is 107 Å². The van der Waals surface area contributed by atoms with Crippen molar-refractivity contribution in [2.45, 2.75) is 25.4 Å². The molecule has 94 valence electrons. The van der Waals surface area contributed by atoms with Crippen molar-refractivity contribution in [1.82, 2.24) is 10.2 Å². The van der Waals surface area contributed by atoms with E-state index >= 15 is 0 Å². The van der Waals surface area contributed by atoms with E-state index in [1.807, 2.05) is 13.1 Å². The maximum atomic E-state index is 9.81. The summed E-state index contributed by atoms with van der Waals surface area (Å²) in [6.07, 6.45) is 2.45. The van der Waals surface area contributed by atoms with Gasteiger partial charge in [0.15, 0.2) is 0 Å².